The molecule has 1 aliphatic heterocycles. The zero-order valence-electron chi connectivity index (χ0n) is 15.0. The fourth-order valence-corrected chi connectivity index (χ4v) is 2.71. The number of ketones is 1. The number of likely N-dealkylation sites (N-methyl/N-ethyl adjacent to an activating group) is 1. The summed E-state index contributed by atoms with van der Waals surface area (Å²) in [5, 5.41) is 0. The van der Waals surface area contributed by atoms with E-state index < -0.39 is 17.5 Å². The number of nitrogens with zero attached hydrogens (tertiary/aromatic N) is 2. The number of rotatable bonds is 7. The van der Waals surface area contributed by atoms with Crippen LogP contribution in [0.3, 0.4) is 0 Å². The van der Waals surface area contributed by atoms with Gasteiger partial charge >= 0.3 is 6.03 Å². The van der Waals surface area contributed by atoms with E-state index in [1.165, 1.54) is 4.90 Å². The average Bonchev–Trinajstić information content (AvgIpc) is 2.78. The van der Waals surface area contributed by atoms with E-state index in [0.29, 0.717) is 17.7 Å². The summed E-state index contributed by atoms with van der Waals surface area (Å²) < 4.78 is 0. The molecule has 6 heteroatoms. The van der Waals surface area contributed by atoms with Crippen LogP contribution in [-0.2, 0) is 4.79 Å². The van der Waals surface area contributed by atoms with Crippen LogP contribution in [-0.4, -0.2) is 46.7 Å². The van der Waals surface area contributed by atoms with Gasteiger partial charge in [0.25, 0.3) is 5.91 Å². The minimum absolute atomic E-state index is 0.284. The number of nitrogens with two attached hydrogens (primary N) is 1. The molecular weight excluding hydrogens is 330 g/mol. The number of hydrogen-bond acceptors (Lipinski definition) is 4. The van der Waals surface area contributed by atoms with Crippen molar-refractivity contribution in [1.29, 1.82) is 0 Å². The van der Waals surface area contributed by atoms with Crippen LogP contribution in [0.25, 0.3) is 0 Å². The van der Waals surface area contributed by atoms with Crippen molar-refractivity contribution in [2.75, 3.05) is 13.6 Å². The summed E-state index contributed by atoms with van der Waals surface area (Å²) >= 11 is 0. The number of carbonyl (C=O) groups excluding carboxylic acids is 3. The molecule has 0 aliphatic carbocycles. The van der Waals surface area contributed by atoms with E-state index in [2.05, 4.69) is 6.58 Å². The molecule has 2 N–H and O–H groups in total. The van der Waals surface area contributed by atoms with Gasteiger partial charge in [-0.25, -0.2) is 4.79 Å². The first-order valence-corrected chi connectivity index (χ1v) is 8.24. The van der Waals surface area contributed by atoms with Crippen LogP contribution in [0, 0.1) is 0 Å². The number of hydrogen-bond donors (Lipinski definition) is 1. The Morgan fingerprint density at radius 1 is 1.27 bits per heavy atom. The highest BCUT2D eigenvalue weighted by molar-refractivity contribution is 6.11. The Morgan fingerprint density at radius 3 is 2.54 bits per heavy atom. The minimum Gasteiger partial charge on any atom is -0.402 e. The monoisotopic (exact) mass is 353 g/mol. The molecule has 0 aromatic heterocycles. The van der Waals surface area contributed by atoms with Crippen LogP contribution in [0.4, 0.5) is 4.79 Å². The summed E-state index contributed by atoms with van der Waals surface area (Å²) in [6.07, 6.45) is 7.06. The molecule has 1 aromatic carbocycles. The zero-order chi connectivity index (χ0) is 19.3. The Kier molecular flexibility index (Phi) is 5.77. The van der Waals surface area contributed by atoms with E-state index in [4.69, 9.17) is 5.73 Å². The number of allylic oxidation sites excluding steroid dienone is 3. The Labute approximate surface area is 153 Å². The van der Waals surface area contributed by atoms with Gasteiger partial charge in [-0.05, 0) is 13.0 Å². The Hall–Kier alpha value is -3.15. The molecule has 1 aliphatic rings. The molecule has 0 bridgehead atoms. The Balaban J connectivity index is 2.16. The first-order valence-electron chi connectivity index (χ1n) is 8.24. The lowest BCUT2D eigenvalue weighted by Crippen LogP contribution is -2.43. The van der Waals surface area contributed by atoms with Gasteiger partial charge in [-0.15, -0.1) is 0 Å². The van der Waals surface area contributed by atoms with Crippen LogP contribution in [0.2, 0.25) is 0 Å². The molecule has 136 valence electrons. The molecule has 0 spiro atoms. The second-order valence-corrected chi connectivity index (χ2v) is 6.25. The summed E-state index contributed by atoms with van der Waals surface area (Å²) in [6, 6.07) is 8.09. The molecule has 3 amide bonds. The quantitative estimate of drug-likeness (QED) is 0.353. The number of carbonyl (C=O) groups is 3. The number of imide groups is 1. The summed E-state index contributed by atoms with van der Waals surface area (Å²) in [5.41, 5.74) is 5.69. The molecule has 2 rings (SSSR count). The van der Waals surface area contributed by atoms with Crippen molar-refractivity contribution in [3.63, 3.8) is 0 Å². The van der Waals surface area contributed by atoms with E-state index in [1.54, 1.807) is 68.6 Å². The maximum atomic E-state index is 12.8. The molecule has 0 saturated carbocycles. The van der Waals surface area contributed by atoms with E-state index >= 15 is 0 Å². The lowest BCUT2D eigenvalue weighted by molar-refractivity contribution is -0.130. The average molecular weight is 353 g/mol. The number of benzene rings is 1. The normalized spacial score (nSPS) is 20.9. The number of Topliss-reactive ketones (excluding diaryl/α,β-unsaturated/α-hetero) is 1. The SMILES string of the molecule is C=C/C=C(\N)C/C=C/C1(C)C(=O)N(CC(=O)c2ccccc2)C(=O)N1C. The fraction of sp³-hybridized carbons (Fsp3) is 0.250. The molecule has 1 aromatic rings. The predicted molar refractivity (Wildman–Crippen MR) is 100 cm³/mol. The largest absolute Gasteiger partial charge is 0.402 e. The molecule has 1 fully saturated rings. The molecule has 6 nitrogen and oxygen atoms in total. The molecule has 0 radical (unpaired) electrons. The van der Waals surface area contributed by atoms with Crippen molar-refractivity contribution in [2.45, 2.75) is 18.9 Å². The van der Waals surface area contributed by atoms with Gasteiger partial charge in [0.1, 0.15) is 5.54 Å². The standard InChI is InChI=1S/C20H23N3O3/c1-4-9-16(21)12-8-13-20(2)18(25)23(19(26)22(20)3)14-17(24)15-10-6-5-7-11-15/h4-11,13H,1,12,14,21H2,2-3H3/b13-8+,16-9-. The van der Waals surface area contributed by atoms with Gasteiger partial charge in [0.05, 0.1) is 6.54 Å². The van der Waals surface area contributed by atoms with Crippen molar-refractivity contribution >= 4 is 17.7 Å². The van der Waals surface area contributed by atoms with Crippen LogP contribution in [0.5, 0.6) is 0 Å². The maximum Gasteiger partial charge on any atom is 0.328 e. The highest BCUT2D eigenvalue weighted by Gasteiger charge is 2.51. The van der Waals surface area contributed by atoms with Crippen LogP contribution >= 0.6 is 0 Å². The van der Waals surface area contributed by atoms with Gasteiger partial charge in [0.2, 0.25) is 0 Å². The smallest absolute Gasteiger partial charge is 0.328 e. The van der Waals surface area contributed by atoms with Gasteiger partial charge in [0, 0.05) is 24.7 Å². The van der Waals surface area contributed by atoms with Crippen LogP contribution in [0.15, 0.2) is 66.9 Å². The highest BCUT2D eigenvalue weighted by Crippen LogP contribution is 2.28. The topological polar surface area (TPSA) is 83.7 Å². The lowest BCUT2D eigenvalue weighted by Gasteiger charge is -2.24. The third-order valence-electron chi connectivity index (χ3n) is 4.42. The van der Waals surface area contributed by atoms with Gasteiger partial charge in [-0.3, -0.25) is 14.5 Å². The Morgan fingerprint density at radius 2 is 1.92 bits per heavy atom. The van der Waals surface area contributed by atoms with Gasteiger partial charge in [-0.2, -0.15) is 0 Å². The van der Waals surface area contributed by atoms with E-state index in [1.807, 2.05) is 0 Å². The van der Waals surface area contributed by atoms with Gasteiger partial charge in [-0.1, -0.05) is 55.1 Å². The second kappa shape index (κ2) is 7.82. The van der Waals surface area contributed by atoms with Crippen molar-refractivity contribution in [1.82, 2.24) is 9.80 Å². The van der Waals surface area contributed by atoms with E-state index in [9.17, 15) is 14.4 Å². The fourth-order valence-electron chi connectivity index (χ4n) is 2.71. The first-order chi connectivity index (χ1) is 12.3. The lowest BCUT2D eigenvalue weighted by atomic mass is 9.99. The van der Waals surface area contributed by atoms with Crippen LogP contribution < -0.4 is 5.73 Å². The van der Waals surface area contributed by atoms with E-state index in [-0.39, 0.29) is 12.3 Å². The van der Waals surface area contributed by atoms with Gasteiger partial charge < -0.3 is 10.6 Å². The zero-order valence-corrected chi connectivity index (χ0v) is 15.0. The van der Waals surface area contributed by atoms with Crippen molar-refractivity contribution < 1.29 is 14.4 Å². The third-order valence-corrected chi connectivity index (χ3v) is 4.42. The minimum atomic E-state index is -1.15. The molecular formula is C20H23N3O3. The van der Waals surface area contributed by atoms with Crippen molar-refractivity contribution in [3.05, 3.63) is 72.5 Å². The predicted octanol–water partition coefficient (Wildman–Crippen LogP) is 2.50. The second-order valence-electron chi connectivity index (χ2n) is 6.25. The molecule has 1 saturated heterocycles. The third kappa shape index (κ3) is 3.74. The number of urea groups is 1. The summed E-state index contributed by atoms with van der Waals surface area (Å²) in [4.78, 5) is 40.0. The van der Waals surface area contributed by atoms with Crippen molar-refractivity contribution in [2.24, 2.45) is 5.73 Å². The highest BCUT2D eigenvalue weighted by atomic mass is 16.2. The van der Waals surface area contributed by atoms with Gasteiger partial charge in [0.15, 0.2) is 5.78 Å². The summed E-state index contributed by atoms with van der Waals surface area (Å²) in [7, 11) is 1.54. The molecule has 1 unspecified atom stereocenters. The molecule has 1 atom stereocenters. The first kappa shape index (κ1) is 19.2. The summed E-state index contributed by atoms with van der Waals surface area (Å²) in [5.74, 6) is -0.719. The molecule has 26 heavy (non-hydrogen) atoms. The van der Waals surface area contributed by atoms with E-state index in [0.717, 1.165) is 4.90 Å². The van der Waals surface area contributed by atoms with Crippen molar-refractivity contribution in [3.8, 4) is 0 Å². The Bertz CT molecular complexity index is 783. The number of amides is 3. The van der Waals surface area contributed by atoms with Crippen LogP contribution in [0.1, 0.15) is 23.7 Å². The maximum absolute atomic E-state index is 12.8. The summed E-state index contributed by atoms with van der Waals surface area (Å²) in [6.45, 7) is 4.93. The molecule has 1 heterocycles.